The Balaban J connectivity index is 2.31. The van der Waals surface area contributed by atoms with Crippen molar-refractivity contribution in [3.8, 4) is 0 Å². The van der Waals surface area contributed by atoms with Crippen LogP contribution in [-0.2, 0) is 21.4 Å². The van der Waals surface area contributed by atoms with Crippen LogP contribution in [-0.4, -0.2) is 31.2 Å². The third-order valence-electron chi connectivity index (χ3n) is 4.51. The summed E-state index contributed by atoms with van der Waals surface area (Å²) in [6, 6.07) is 13.5. The largest absolute Gasteiger partial charge is 0.353 e. The predicted molar refractivity (Wildman–Crippen MR) is 113 cm³/mol. The smallest absolute Gasteiger partial charge is 0.243 e. The molecule has 0 saturated carbocycles. The van der Waals surface area contributed by atoms with Gasteiger partial charge in [0.05, 0.1) is 11.4 Å². The van der Waals surface area contributed by atoms with Crippen LogP contribution in [0.2, 0.25) is 5.02 Å². The number of sulfonamides is 1. The van der Waals surface area contributed by atoms with Crippen LogP contribution in [0.15, 0.2) is 53.4 Å². The van der Waals surface area contributed by atoms with Gasteiger partial charge in [-0.2, -0.15) is 4.31 Å². The maximum absolute atomic E-state index is 13.2. The Morgan fingerprint density at radius 1 is 1.14 bits per heavy atom. The molecule has 0 radical (unpaired) electrons. The summed E-state index contributed by atoms with van der Waals surface area (Å²) in [6.07, 6.45) is 1.78. The van der Waals surface area contributed by atoms with Gasteiger partial charge in [-0.3, -0.25) is 4.79 Å². The number of hydrogen-bond donors (Lipinski definition) is 1. The lowest BCUT2D eigenvalue weighted by molar-refractivity contribution is -0.122. The van der Waals surface area contributed by atoms with Crippen LogP contribution >= 0.6 is 11.6 Å². The number of hydrogen-bond acceptors (Lipinski definition) is 3. The van der Waals surface area contributed by atoms with Gasteiger partial charge < -0.3 is 5.32 Å². The Hall–Kier alpha value is -1.89. The van der Waals surface area contributed by atoms with Crippen LogP contribution in [0.5, 0.6) is 0 Å². The molecule has 0 spiro atoms. The number of rotatable bonds is 9. The van der Waals surface area contributed by atoms with Gasteiger partial charge in [0.15, 0.2) is 0 Å². The zero-order chi connectivity index (χ0) is 20.7. The summed E-state index contributed by atoms with van der Waals surface area (Å²) in [5.41, 5.74) is 1.83. The minimum absolute atomic E-state index is 0.00366. The van der Waals surface area contributed by atoms with E-state index in [4.69, 9.17) is 11.6 Å². The van der Waals surface area contributed by atoms with E-state index in [0.29, 0.717) is 5.02 Å². The molecule has 0 bridgehead atoms. The highest BCUT2D eigenvalue weighted by molar-refractivity contribution is 7.89. The first-order valence-electron chi connectivity index (χ1n) is 9.33. The lowest BCUT2D eigenvalue weighted by Crippen LogP contribution is -2.43. The van der Waals surface area contributed by atoms with Gasteiger partial charge in [-0.1, -0.05) is 49.2 Å². The highest BCUT2D eigenvalue weighted by Crippen LogP contribution is 2.21. The van der Waals surface area contributed by atoms with E-state index in [1.54, 1.807) is 0 Å². The standard InChI is InChI=1S/C21H27ClN2O3S/c1-4-7-17(3)23-21(25)15-24(14-18-9-6-5-8-16(18)2)28(26,27)20-12-10-19(22)11-13-20/h5-6,8-13,17H,4,7,14-15H2,1-3H3,(H,23,25)/t17-/m1/s1. The quantitative estimate of drug-likeness (QED) is 0.660. The number of carbonyl (C=O) groups is 1. The first-order valence-corrected chi connectivity index (χ1v) is 11.2. The summed E-state index contributed by atoms with van der Waals surface area (Å²) >= 11 is 5.89. The average molecular weight is 423 g/mol. The molecule has 0 aliphatic heterocycles. The minimum atomic E-state index is -3.86. The third kappa shape index (κ3) is 6.06. The monoisotopic (exact) mass is 422 g/mol. The molecule has 0 unspecified atom stereocenters. The minimum Gasteiger partial charge on any atom is -0.353 e. The Morgan fingerprint density at radius 3 is 2.39 bits per heavy atom. The molecule has 152 valence electrons. The van der Waals surface area contributed by atoms with E-state index in [2.05, 4.69) is 5.32 Å². The molecule has 0 fully saturated rings. The summed E-state index contributed by atoms with van der Waals surface area (Å²) in [5.74, 6) is -0.313. The molecule has 2 rings (SSSR count). The fourth-order valence-electron chi connectivity index (χ4n) is 2.94. The number of amides is 1. The van der Waals surface area contributed by atoms with Gasteiger partial charge >= 0.3 is 0 Å². The molecule has 0 aromatic heterocycles. The van der Waals surface area contributed by atoms with Crippen molar-refractivity contribution < 1.29 is 13.2 Å². The van der Waals surface area contributed by atoms with Crippen molar-refractivity contribution in [2.75, 3.05) is 6.54 Å². The molecule has 5 nitrogen and oxygen atoms in total. The lowest BCUT2D eigenvalue weighted by Gasteiger charge is -2.24. The third-order valence-corrected chi connectivity index (χ3v) is 6.57. The molecule has 0 heterocycles. The van der Waals surface area contributed by atoms with Crippen molar-refractivity contribution in [1.82, 2.24) is 9.62 Å². The lowest BCUT2D eigenvalue weighted by atomic mass is 10.1. The van der Waals surface area contributed by atoms with Gasteiger partial charge in [0.1, 0.15) is 0 Å². The van der Waals surface area contributed by atoms with Gasteiger partial charge in [-0.05, 0) is 55.7 Å². The second-order valence-corrected chi connectivity index (χ2v) is 9.29. The fraction of sp³-hybridized carbons (Fsp3) is 0.381. The summed E-state index contributed by atoms with van der Waals surface area (Å²) in [6.45, 7) is 5.76. The molecule has 2 aromatic carbocycles. The van der Waals surface area contributed by atoms with Crippen molar-refractivity contribution >= 4 is 27.5 Å². The average Bonchev–Trinajstić information content (AvgIpc) is 2.63. The number of halogens is 1. The van der Waals surface area contributed by atoms with Crippen molar-refractivity contribution in [3.05, 3.63) is 64.7 Å². The maximum atomic E-state index is 13.2. The van der Waals surface area contributed by atoms with Crippen LogP contribution in [0.1, 0.15) is 37.8 Å². The predicted octanol–water partition coefficient (Wildman–Crippen LogP) is 4.14. The van der Waals surface area contributed by atoms with Gasteiger partial charge in [0.2, 0.25) is 15.9 Å². The Labute approximate surface area is 172 Å². The van der Waals surface area contributed by atoms with E-state index in [-0.39, 0.29) is 29.9 Å². The molecule has 0 saturated heterocycles. The second-order valence-electron chi connectivity index (χ2n) is 6.91. The van der Waals surface area contributed by atoms with Gasteiger partial charge in [0, 0.05) is 17.6 Å². The molecule has 1 atom stereocenters. The van der Waals surface area contributed by atoms with E-state index in [1.807, 2.05) is 45.0 Å². The Bertz CT molecular complexity index is 898. The number of aryl methyl sites for hydroxylation is 1. The molecule has 1 amide bonds. The molecular weight excluding hydrogens is 396 g/mol. The molecule has 0 aliphatic rings. The van der Waals surface area contributed by atoms with Crippen LogP contribution in [0.3, 0.4) is 0 Å². The number of benzene rings is 2. The topological polar surface area (TPSA) is 66.5 Å². The van der Waals surface area contributed by atoms with Crippen molar-refractivity contribution in [1.29, 1.82) is 0 Å². The zero-order valence-electron chi connectivity index (χ0n) is 16.5. The highest BCUT2D eigenvalue weighted by Gasteiger charge is 2.27. The first-order chi connectivity index (χ1) is 13.2. The van der Waals surface area contributed by atoms with Gasteiger partial charge in [-0.25, -0.2) is 8.42 Å². The zero-order valence-corrected chi connectivity index (χ0v) is 18.1. The van der Waals surface area contributed by atoms with Crippen LogP contribution < -0.4 is 5.32 Å². The highest BCUT2D eigenvalue weighted by atomic mass is 35.5. The fourth-order valence-corrected chi connectivity index (χ4v) is 4.45. The molecule has 1 N–H and O–H groups in total. The molecule has 7 heteroatoms. The van der Waals surface area contributed by atoms with E-state index in [9.17, 15) is 13.2 Å². The van der Waals surface area contributed by atoms with Crippen LogP contribution in [0.4, 0.5) is 0 Å². The molecule has 28 heavy (non-hydrogen) atoms. The maximum Gasteiger partial charge on any atom is 0.243 e. The van der Waals surface area contributed by atoms with E-state index in [0.717, 1.165) is 24.0 Å². The normalized spacial score (nSPS) is 12.8. The van der Waals surface area contributed by atoms with Gasteiger partial charge in [0.25, 0.3) is 0 Å². The molecule has 0 aliphatic carbocycles. The number of carbonyl (C=O) groups excluding carboxylic acids is 1. The van der Waals surface area contributed by atoms with E-state index >= 15 is 0 Å². The second kappa shape index (κ2) is 10.0. The van der Waals surface area contributed by atoms with Crippen molar-refractivity contribution in [3.63, 3.8) is 0 Å². The Kier molecular flexibility index (Phi) is 8.04. The summed E-state index contributed by atoms with van der Waals surface area (Å²) in [7, 11) is -3.86. The molecular formula is C21H27ClN2O3S. The first kappa shape index (κ1) is 22.4. The summed E-state index contributed by atoms with van der Waals surface area (Å²) in [4.78, 5) is 12.6. The van der Waals surface area contributed by atoms with Crippen molar-refractivity contribution in [2.45, 2.75) is 51.1 Å². The van der Waals surface area contributed by atoms with Crippen LogP contribution in [0.25, 0.3) is 0 Å². The van der Waals surface area contributed by atoms with Crippen LogP contribution in [0, 0.1) is 6.92 Å². The SMILES string of the molecule is CCC[C@@H](C)NC(=O)CN(Cc1ccccc1C)S(=O)(=O)c1ccc(Cl)cc1. The van der Waals surface area contributed by atoms with E-state index < -0.39 is 10.0 Å². The van der Waals surface area contributed by atoms with Crippen molar-refractivity contribution in [2.24, 2.45) is 0 Å². The summed E-state index contributed by atoms with van der Waals surface area (Å²) < 4.78 is 27.6. The molecule has 2 aromatic rings. The Morgan fingerprint density at radius 2 is 1.79 bits per heavy atom. The number of nitrogens with zero attached hydrogens (tertiary/aromatic N) is 1. The number of nitrogens with one attached hydrogen (secondary N) is 1. The summed E-state index contributed by atoms with van der Waals surface area (Å²) in [5, 5.41) is 3.33. The van der Waals surface area contributed by atoms with Gasteiger partial charge in [-0.15, -0.1) is 0 Å². The van der Waals surface area contributed by atoms with E-state index in [1.165, 1.54) is 28.6 Å².